The summed E-state index contributed by atoms with van der Waals surface area (Å²) < 4.78 is 9.34. The highest BCUT2D eigenvalue weighted by atomic mass is 16.7. The number of esters is 2. The number of rotatable bonds is 5. The third kappa shape index (κ3) is 3.75. The van der Waals surface area contributed by atoms with E-state index in [0.29, 0.717) is 36.1 Å². The van der Waals surface area contributed by atoms with Gasteiger partial charge in [0.1, 0.15) is 0 Å². The fourth-order valence-corrected chi connectivity index (χ4v) is 5.82. The first-order valence-corrected chi connectivity index (χ1v) is 12.8. The van der Waals surface area contributed by atoms with Crippen molar-refractivity contribution in [1.29, 1.82) is 0 Å². The second-order valence-corrected chi connectivity index (χ2v) is 10.9. The summed E-state index contributed by atoms with van der Waals surface area (Å²) in [6.07, 6.45) is 3.87. The molecule has 0 N–H and O–H groups in total. The molecule has 2 aromatic heterocycles. The van der Waals surface area contributed by atoms with Gasteiger partial charge in [-0.1, -0.05) is 36.4 Å². The molecular formula is C30H29N3O5. The fourth-order valence-electron chi connectivity index (χ4n) is 5.82. The molecule has 194 valence electrons. The van der Waals surface area contributed by atoms with E-state index in [1.165, 1.54) is 5.06 Å². The van der Waals surface area contributed by atoms with E-state index >= 15 is 0 Å². The lowest BCUT2D eigenvalue weighted by Crippen LogP contribution is -2.44. The number of aryl methyl sites for hydroxylation is 1. The van der Waals surface area contributed by atoms with Crippen LogP contribution >= 0.6 is 0 Å². The van der Waals surface area contributed by atoms with Crippen LogP contribution in [0.5, 0.6) is 0 Å². The molecule has 1 amide bonds. The van der Waals surface area contributed by atoms with Crippen molar-refractivity contribution in [2.75, 3.05) is 0 Å². The largest absolute Gasteiger partial charge is 0.386 e. The predicted molar refractivity (Wildman–Crippen MR) is 144 cm³/mol. The Hall–Kier alpha value is -4.17. The van der Waals surface area contributed by atoms with Gasteiger partial charge >= 0.3 is 11.9 Å². The highest BCUT2D eigenvalue weighted by molar-refractivity contribution is 6.47. The Morgan fingerprint density at radius 3 is 2.34 bits per heavy atom. The molecule has 4 heterocycles. The molecule has 0 fully saturated rings. The number of ether oxygens (including phenoxy) is 1. The Labute approximate surface area is 220 Å². The van der Waals surface area contributed by atoms with E-state index in [1.54, 1.807) is 0 Å². The zero-order valence-corrected chi connectivity index (χ0v) is 21.9. The van der Waals surface area contributed by atoms with Gasteiger partial charge in [0.2, 0.25) is 6.41 Å². The second-order valence-electron chi connectivity index (χ2n) is 10.9. The molecular weight excluding hydrogens is 482 g/mol. The zero-order chi connectivity index (χ0) is 26.8. The number of fused-ring (bicyclic) bond motifs is 4. The van der Waals surface area contributed by atoms with Crippen molar-refractivity contribution < 1.29 is 24.0 Å². The number of benzene rings is 2. The van der Waals surface area contributed by atoms with E-state index in [4.69, 9.17) is 9.57 Å². The van der Waals surface area contributed by atoms with Crippen molar-refractivity contribution in [1.82, 2.24) is 14.2 Å². The topological polar surface area (TPSA) is 82.8 Å². The summed E-state index contributed by atoms with van der Waals surface area (Å²) in [5.41, 5.74) is 4.32. The van der Waals surface area contributed by atoms with E-state index in [2.05, 4.69) is 4.57 Å². The maximum Gasteiger partial charge on any atom is 0.347 e. The van der Waals surface area contributed by atoms with Gasteiger partial charge in [-0.05, 0) is 45.7 Å². The summed E-state index contributed by atoms with van der Waals surface area (Å²) in [5, 5.41) is 3.16. The molecule has 0 radical (unpaired) electrons. The first-order valence-electron chi connectivity index (χ1n) is 12.8. The molecule has 8 nitrogen and oxygen atoms in total. The van der Waals surface area contributed by atoms with Crippen LogP contribution in [0, 0.1) is 0 Å². The summed E-state index contributed by atoms with van der Waals surface area (Å²) >= 11 is 0. The summed E-state index contributed by atoms with van der Waals surface area (Å²) in [7, 11) is 1.92. The van der Waals surface area contributed by atoms with Crippen molar-refractivity contribution in [3.05, 3.63) is 71.5 Å². The van der Waals surface area contributed by atoms with Crippen molar-refractivity contribution >= 4 is 51.3 Å². The third-order valence-corrected chi connectivity index (χ3v) is 7.29. The van der Waals surface area contributed by atoms with Crippen molar-refractivity contribution in [2.45, 2.75) is 51.8 Å². The first-order chi connectivity index (χ1) is 18.2. The van der Waals surface area contributed by atoms with E-state index in [0.717, 1.165) is 39.5 Å². The number of carbonyl (C=O) groups is 3. The molecule has 1 unspecified atom stereocenters. The van der Waals surface area contributed by atoms with Crippen LogP contribution < -0.4 is 0 Å². The summed E-state index contributed by atoms with van der Waals surface area (Å²) in [4.78, 5) is 44.4. The average molecular weight is 512 g/mol. The number of cyclic esters (lactones) is 2. The normalized spacial score (nSPS) is 17.8. The number of amides is 1. The molecule has 0 saturated carbocycles. The smallest absolute Gasteiger partial charge is 0.347 e. The molecule has 1 atom stereocenters. The van der Waals surface area contributed by atoms with Gasteiger partial charge in [-0.3, -0.25) is 9.63 Å². The fraction of sp³-hybridized carbons (Fsp3) is 0.300. The average Bonchev–Trinajstić information content (AvgIpc) is 3.49. The van der Waals surface area contributed by atoms with Gasteiger partial charge in [-0.2, -0.15) is 0 Å². The van der Waals surface area contributed by atoms with Gasteiger partial charge in [0.25, 0.3) is 0 Å². The molecule has 2 aromatic carbocycles. The Balaban J connectivity index is 1.56. The highest BCUT2D eigenvalue weighted by Crippen LogP contribution is 2.43. The Morgan fingerprint density at radius 2 is 1.63 bits per heavy atom. The minimum atomic E-state index is -0.634. The number of para-hydroxylation sites is 2. The summed E-state index contributed by atoms with van der Waals surface area (Å²) in [6, 6.07) is 15.5. The molecule has 8 heteroatoms. The van der Waals surface area contributed by atoms with Gasteiger partial charge in [0.15, 0.2) is 0 Å². The van der Waals surface area contributed by atoms with Gasteiger partial charge in [0.05, 0.1) is 22.8 Å². The number of carbonyl (C=O) groups excluding carboxylic acids is 3. The summed E-state index contributed by atoms with van der Waals surface area (Å²) in [5.74, 6) is -1.27. The van der Waals surface area contributed by atoms with Crippen molar-refractivity contribution in [3.63, 3.8) is 0 Å². The lowest BCUT2D eigenvalue weighted by Gasteiger charge is -2.36. The molecule has 4 aromatic rings. The van der Waals surface area contributed by atoms with E-state index in [9.17, 15) is 14.4 Å². The lowest BCUT2D eigenvalue weighted by atomic mass is 9.92. The van der Waals surface area contributed by atoms with Gasteiger partial charge in [-0.25, -0.2) is 14.7 Å². The third-order valence-electron chi connectivity index (χ3n) is 7.29. The van der Waals surface area contributed by atoms with Crippen LogP contribution in [0.15, 0.2) is 54.7 Å². The number of hydrogen-bond acceptors (Lipinski definition) is 5. The minimum Gasteiger partial charge on any atom is -0.386 e. The predicted octanol–water partition coefficient (Wildman–Crippen LogP) is 4.63. The Morgan fingerprint density at radius 1 is 0.974 bits per heavy atom. The second kappa shape index (κ2) is 8.70. The van der Waals surface area contributed by atoms with Crippen LogP contribution in [0.1, 0.15) is 44.0 Å². The monoisotopic (exact) mass is 511 g/mol. The molecule has 38 heavy (non-hydrogen) atoms. The molecule has 0 spiro atoms. The zero-order valence-electron chi connectivity index (χ0n) is 21.9. The number of hydroxylamine groups is 2. The van der Waals surface area contributed by atoms with Crippen molar-refractivity contribution in [3.8, 4) is 0 Å². The van der Waals surface area contributed by atoms with Gasteiger partial charge < -0.3 is 13.9 Å². The maximum absolute atomic E-state index is 13.3. The number of aromatic nitrogens is 2. The summed E-state index contributed by atoms with van der Waals surface area (Å²) in [6.45, 7) is 6.23. The van der Waals surface area contributed by atoms with E-state index in [-0.39, 0.29) is 6.04 Å². The molecule has 6 rings (SSSR count). The Kier molecular flexibility index (Phi) is 5.54. The van der Waals surface area contributed by atoms with Crippen molar-refractivity contribution in [2.24, 2.45) is 7.05 Å². The van der Waals surface area contributed by atoms with Gasteiger partial charge in [0, 0.05) is 58.4 Å². The van der Waals surface area contributed by atoms with Crippen LogP contribution in [0.3, 0.4) is 0 Å². The van der Waals surface area contributed by atoms with Gasteiger partial charge in [-0.15, -0.1) is 0 Å². The molecule has 2 aliphatic heterocycles. The molecule has 0 bridgehead atoms. The SMILES string of the molecule is Cn1cc(C2=C(c3c4n(c5ccccc35)CC(N(C=O)OC(C)(C)C)CC4)C(=O)OC2=O)c2ccccc21. The van der Waals surface area contributed by atoms with Crippen LogP contribution in [-0.2, 0) is 44.0 Å². The number of nitrogens with zero attached hydrogens (tertiary/aromatic N) is 3. The molecule has 2 aliphatic rings. The Bertz CT molecular complexity index is 1670. The highest BCUT2D eigenvalue weighted by Gasteiger charge is 2.40. The quantitative estimate of drug-likeness (QED) is 0.169. The van der Waals surface area contributed by atoms with Crippen LogP contribution in [0.4, 0.5) is 0 Å². The van der Waals surface area contributed by atoms with E-state index in [1.807, 2.05) is 87.1 Å². The maximum atomic E-state index is 13.3. The van der Waals surface area contributed by atoms with Crippen LogP contribution in [-0.4, -0.2) is 44.2 Å². The minimum absolute atomic E-state index is 0.174. The molecule has 0 saturated heterocycles. The lowest BCUT2D eigenvalue weighted by molar-refractivity contribution is -0.235. The molecule has 0 aliphatic carbocycles. The number of hydrogen-bond donors (Lipinski definition) is 0. The first kappa shape index (κ1) is 24.2. The van der Waals surface area contributed by atoms with Crippen LogP contribution in [0.2, 0.25) is 0 Å². The van der Waals surface area contributed by atoms with Crippen LogP contribution in [0.25, 0.3) is 33.0 Å². The standard InChI is InChI=1S/C30H29N3O5/c1-30(2,3)38-33(17-34)18-13-14-24-25(20-10-6-8-12-23(20)32(24)15-18)27-26(28(35)37-29(27)36)21-16-31(4)22-11-7-5-9-19(21)22/h5-12,16-18H,13-15H2,1-4H3. The van der Waals surface area contributed by atoms with E-state index < -0.39 is 17.5 Å².